The maximum atomic E-state index is 10.6. The largest absolute Gasteiger partial charge is 0.481 e. The molecule has 0 heterocycles. The molecule has 1 rings (SSSR count). The molecule has 0 aliphatic heterocycles. The van der Waals surface area contributed by atoms with Gasteiger partial charge in [-0.05, 0) is 0 Å². The van der Waals surface area contributed by atoms with E-state index >= 15 is 0 Å². The molecule has 13 heavy (non-hydrogen) atoms. The lowest BCUT2D eigenvalue weighted by Crippen LogP contribution is -2.18. The highest BCUT2D eigenvalue weighted by atomic mass is 16.4. The molecule has 0 saturated carbocycles. The molecule has 2 N–H and O–H groups in total. The summed E-state index contributed by atoms with van der Waals surface area (Å²) in [4.78, 5) is 21.2. The summed E-state index contributed by atoms with van der Waals surface area (Å²) in [5.41, 5.74) is 0.148. The van der Waals surface area contributed by atoms with E-state index in [-0.39, 0.29) is 11.5 Å². The quantitative estimate of drug-likeness (QED) is 0.622. The van der Waals surface area contributed by atoms with Crippen LogP contribution in [0.25, 0.3) is 0 Å². The van der Waals surface area contributed by atoms with Gasteiger partial charge in [-0.1, -0.05) is 25.2 Å². The summed E-state index contributed by atoms with van der Waals surface area (Å²) in [6, 6.07) is 0. The molecule has 4 heteroatoms. The smallest absolute Gasteiger partial charge is 0.331 e. The summed E-state index contributed by atoms with van der Waals surface area (Å²) in [6.07, 6.45) is 4.37. The zero-order chi connectivity index (χ0) is 10.0. The fourth-order valence-corrected chi connectivity index (χ4v) is 1.21. The van der Waals surface area contributed by atoms with Crippen LogP contribution in [-0.4, -0.2) is 22.2 Å². The van der Waals surface area contributed by atoms with Gasteiger partial charge < -0.3 is 10.2 Å². The van der Waals surface area contributed by atoms with Gasteiger partial charge in [-0.2, -0.15) is 0 Å². The van der Waals surface area contributed by atoms with Gasteiger partial charge in [0.2, 0.25) is 0 Å². The van der Waals surface area contributed by atoms with E-state index in [2.05, 4.69) is 0 Å². The Hall–Kier alpha value is -1.58. The van der Waals surface area contributed by atoms with E-state index in [1.54, 1.807) is 13.0 Å². The highest BCUT2D eigenvalue weighted by Gasteiger charge is 2.22. The van der Waals surface area contributed by atoms with Crippen molar-refractivity contribution in [2.24, 2.45) is 11.8 Å². The minimum Gasteiger partial charge on any atom is -0.481 e. The maximum absolute atomic E-state index is 10.6. The van der Waals surface area contributed by atoms with E-state index in [9.17, 15) is 9.59 Å². The van der Waals surface area contributed by atoms with Crippen LogP contribution >= 0.6 is 0 Å². The minimum atomic E-state index is -1.05. The van der Waals surface area contributed by atoms with Crippen LogP contribution in [0.1, 0.15) is 6.92 Å². The van der Waals surface area contributed by atoms with E-state index < -0.39 is 17.9 Å². The molecule has 2 unspecified atom stereocenters. The molecule has 0 bridgehead atoms. The Bertz CT molecular complexity index is 301. The van der Waals surface area contributed by atoms with Crippen molar-refractivity contribution in [3.63, 3.8) is 0 Å². The van der Waals surface area contributed by atoms with Crippen molar-refractivity contribution in [1.82, 2.24) is 0 Å². The Kier molecular flexibility index (Phi) is 2.51. The third-order valence-corrected chi connectivity index (χ3v) is 1.99. The molecular weight excluding hydrogens is 172 g/mol. The Morgan fingerprint density at radius 1 is 1.31 bits per heavy atom. The molecule has 0 saturated heterocycles. The summed E-state index contributed by atoms with van der Waals surface area (Å²) in [7, 11) is 0. The van der Waals surface area contributed by atoms with Crippen LogP contribution in [0.4, 0.5) is 0 Å². The van der Waals surface area contributed by atoms with Crippen LogP contribution in [0.5, 0.6) is 0 Å². The van der Waals surface area contributed by atoms with Crippen LogP contribution in [0, 0.1) is 11.8 Å². The van der Waals surface area contributed by atoms with E-state index in [4.69, 9.17) is 10.2 Å². The Balaban J connectivity index is 2.93. The van der Waals surface area contributed by atoms with Crippen LogP contribution < -0.4 is 0 Å². The van der Waals surface area contributed by atoms with Crippen LogP contribution in [-0.2, 0) is 9.59 Å². The van der Waals surface area contributed by atoms with Gasteiger partial charge >= 0.3 is 11.9 Å². The van der Waals surface area contributed by atoms with Gasteiger partial charge in [0.25, 0.3) is 0 Å². The van der Waals surface area contributed by atoms with Crippen molar-refractivity contribution in [2.75, 3.05) is 0 Å². The van der Waals surface area contributed by atoms with E-state index in [0.29, 0.717) is 0 Å². The second-order valence-corrected chi connectivity index (χ2v) is 2.96. The number of aliphatic carboxylic acids is 2. The number of carboxylic acids is 2. The maximum Gasteiger partial charge on any atom is 0.331 e. The third-order valence-electron chi connectivity index (χ3n) is 1.99. The number of hydrogen-bond donors (Lipinski definition) is 2. The first-order chi connectivity index (χ1) is 6.02. The lowest BCUT2D eigenvalue weighted by molar-refractivity contribution is -0.138. The van der Waals surface area contributed by atoms with Gasteiger partial charge in [0, 0.05) is 11.5 Å². The lowest BCUT2D eigenvalue weighted by atomic mass is 9.90. The molecule has 70 valence electrons. The predicted octanol–water partition coefficient (Wildman–Crippen LogP) is 0.904. The van der Waals surface area contributed by atoms with E-state index in [1.165, 1.54) is 12.2 Å². The molecule has 0 amide bonds. The van der Waals surface area contributed by atoms with Crippen molar-refractivity contribution in [3.8, 4) is 0 Å². The molecule has 4 nitrogen and oxygen atoms in total. The highest BCUT2D eigenvalue weighted by molar-refractivity contribution is 5.89. The molecule has 1 aliphatic rings. The average Bonchev–Trinajstić information content (AvgIpc) is 2.04. The number of carboxylic acid groups (broad SMARTS) is 2. The molecule has 0 radical (unpaired) electrons. The Morgan fingerprint density at radius 2 is 1.92 bits per heavy atom. The third kappa shape index (κ3) is 1.96. The normalized spacial score (nSPS) is 26.7. The van der Waals surface area contributed by atoms with Crippen molar-refractivity contribution in [3.05, 3.63) is 23.8 Å². The highest BCUT2D eigenvalue weighted by Crippen LogP contribution is 2.22. The summed E-state index contributed by atoms with van der Waals surface area (Å²) < 4.78 is 0. The molecule has 0 aromatic heterocycles. The number of allylic oxidation sites excluding steroid dienone is 1. The van der Waals surface area contributed by atoms with Crippen molar-refractivity contribution in [2.45, 2.75) is 6.92 Å². The van der Waals surface area contributed by atoms with E-state index in [0.717, 1.165) is 0 Å². The zero-order valence-electron chi connectivity index (χ0n) is 7.10. The second kappa shape index (κ2) is 3.43. The van der Waals surface area contributed by atoms with Gasteiger partial charge in [-0.3, -0.25) is 4.79 Å². The zero-order valence-corrected chi connectivity index (χ0v) is 7.10. The van der Waals surface area contributed by atoms with Crippen LogP contribution in [0.3, 0.4) is 0 Å². The molecule has 0 fully saturated rings. The SMILES string of the molecule is CC1C=CC(C(=O)O)C=C1C(=O)O. The number of carbonyl (C=O) groups is 2. The summed E-state index contributed by atoms with van der Waals surface area (Å²) in [5.74, 6) is -3.10. The van der Waals surface area contributed by atoms with Gasteiger partial charge in [-0.25, -0.2) is 4.79 Å². The van der Waals surface area contributed by atoms with Crippen molar-refractivity contribution < 1.29 is 19.8 Å². The fraction of sp³-hybridized carbons (Fsp3) is 0.333. The minimum absolute atomic E-state index is 0.148. The fourth-order valence-electron chi connectivity index (χ4n) is 1.21. The standard InChI is InChI=1S/C9H10O4/c1-5-2-3-6(8(10)11)4-7(5)9(12)13/h2-6H,1H3,(H,10,11)(H,12,13). The monoisotopic (exact) mass is 182 g/mol. The Morgan fingerprint density at radius 3 is 2.38 bits per heavy atom. The summed E-state index contributed by atoms with van der Waals surface area (Å²) in [5, 5.41) is 17.3. The van der Waals surface area contributed by atoms with E-state index in [1.807, 2.05) is 0 Å². The molecular formula is C9H10O4. The summed E-state index contributed by atoms with van der Waals surface area (Å²) >= 11 is 0. The van der Waals surface area contributed by atoms with Crippen molar-refractivity contribution in [1.29, 1.82) is 0 Å². The predicted molar refractivity (Wildman–Crippen MR) is 45.1 cm³/mol. The van der Waals surface area contributed by atoms with Gasteiger partial charge in [-0.15, -0.1) is 0 Å². The first-order valence-electron chi connectivity index (χ1n) is 3.88. The summed E-state index contributed by atoms with van der Waals surface area (Å²) in [6.45, 7) is 1.72. The average molecular weight is 182 g/mol. The molecule has 1 aliphatic carbocycles. The number of rotatable bonds is 2. The lowest BCUT2D eigenvalue weighted by Gasteiger charge is -2.15. The molecule has 2 atom stereocenters. The number of hydrogen-bond acceptors (Lipinski definition) is 2. The van der Waals surface area contributed by atoms with Gasteiger partial charge in [0.05, 0.1) is 5.92 Å². The first kappa shape index (κ1) is 9.51. The topological polar surface area (TPSA) is 74.6 Å². The molecule has 0 aromatic carbocycles. The first-order valence-corrected chi connectivity index (χ1v) is 3.88. The van der Waals surface area contributed by atoms with Gasteiger partial charge in [0.15, 0.2) is 0 Å². The van der Waals surface area contributed by atoms with Gasteiger partial charge in [0.1, 0.15) is 0 Å². The second-order valence-electron chi connectivity index (χ2n) is 2.96. The van der Waals surface area contributed by atoms with Crippen LogP contribution in [0.15, 0.2) is 23.8 Å². The molecule has 0 aromatic rings. The molecule has 0 spiro atoms. The van der Waals surface area contributed by atoms with Crippen molar-refractivity contribution >= 4 is 11.9 Å². The Labute approximate surface area is 75.2 Å². The van der Waals surface area contributed by atoms with Crippen LogP contribution in [0.2, 0.25) is 0 Å².